The smallest absolute Gasteiger partial charge is 0.223 e. The van der Waals surface area contributed by atoms with Gasteiger partial charge in [0.25, 0.3) is 0 Å². The van der Waals surface area contributed by atoms with Gasteiger partial charge in [0.2, 0.25) is 5.89 Å². The molecular formula is C10H15N3O. The summed E-state index contributed by atoms with van der Waals surface area (Å²) in [6.07, 6.45) is 8.13. The minimum Gasteiger partial charge on any atom is -0.340 e. The first-order valence-corrected chi connectivity index (χ1v) is 4.76. The molecule has 1 aromatic rings. The Morgan fingerprint density at radius 2 is 2.36 bits per heavy atom. The Labute approximate surface area is 84.1 Å². The maximum Gasteiger partial charge on any atom is 0.223 e. The van der Waals surface area contributed by atoms with Crippen LogP contribution in [0.4, 0.5) is 0 Å². The van der Waals surface area contributed by atoms with Gasteiger partial charge in [-0.1, -0.05) is 5.16 Å². The van der Waals surface area contributed by atoms with Crippen molar-refractivity contribution in [2.45, 2.75) is 32.7 Å². The zero-order valence-corrected chi connectivity index (χ0v) is 8.42. The highest BCUT2D eigenvalue weighted by atomic mass is 16.5. The third-order valence-corrected chi connectivity index (χ3v) is 1.78. The summed E-state index contributed by atoms with van der Waals surface area (Å²) in [5, 5.41) is 6.99. The van der Waals surface area contributed by atoms with E-state index in [1.54, 1.807) is 6.92 Å². The monoisotopic (exact) mass is 193 g/mol. The fourth-order valence-electron chi connectivity index (χ4n) is 1.09. The molecule has 0 aliphatic heterocycles. The van der Waals surface area contributed by atoms with E-state index in [9.17, 15) is 0 Å². The van der Waals surface area contributed by atoms with E-state index >= 15 is 0 Å². The lowest BCUT2D eigenvalue weighted by atomic mass is 10.2. The average Bonchev–Trinajstić information content (AvgIpc) is 2.58. The van der Waals surface area contributed by atoms with Crippen molar-refractivity contribution in [1.82, 2.24) is 15.5 Å². The van der Waals surface area contributed by atoms with Gasteiger partial charge in [-0.2, -0.15) is 4.98 Å². The Morgan fingerprint density at radius 1 is 1.50 bits per heavy atom. The number of aryl methyl sites for hydroxylation is 1. The predicted molar refractivity (Wildman–Crippen MR) is 53.4 cm³/mol. The van der Waals surface area contributed by atoms with Crippen molar-refractivity contribution in [3.63, 3.8) is 0 Å². The number of hydrogen-bond acceptors (Lipinski definition) is 4. The quantitative estimate of drug-likeness (QED) is 0.546. The van der Waals surface area contributed by atoms with E-state index in [4.69, 9.17) is 10.9 Å². The zero-order valence-electron chi connectivity index (χ0n) is 8.42. The molecule has 0 aliphatic rings. The number of rotatable bonds is 6. The van der Waals surface area contributed by atoms with Crippen LogP contribution in [0.1, 0.15) is 31.0 Å². The van der Waals surface area contributed by atoms with Crippen LogP contribution in [0.25, 0.3) is 0 Å². The van der Waals surface area contributed by atoms with Crippen molar-refractivity contribution >= 4 is 0 Å². The molecule has 0 unspecified atom stereocenters. The molecule has 0 saturated carbocycles. The molecule has 0 saturated heterocycles. The average molecular weight is 193 g/mol. The first-order chi connectivity index (χ1) is 6.83. The fourth-order valence-corrected chi connectivity index (χ4v) is 1.09. The standard InChI is InChI=1S/C10H15N3O/c1-3-4-5-6-7-11-8-10-12-9(2)14-13-10/h1,11H,4-8H2,2H3. The molecule has 0 aliphatic carbocycles. The number of aromatic nitrogens is 2. The van der Waals surface area contributed by atoms with Crippen LogP contribution in [0.3, 0.4) is 0 Å². The van der Waals surface area contributed by atoms with Crippen molar-refractivity contribution in [3.8, 4) is 12.3 Å². The number of hydrogen-bond donors (Lipinski definition) is 1. The van der Waals surface area contributed by atoms with Crippen LogP contribution in [0.2, 0.25) is 0 Å². The van der Waals surface area contributed by atoms with Crippen molar-refractivity contribution in [2.75, 3.05) is 6.54 Å². The van der Waals surface area contributed by atoms with Gasteiger partial charge in [-0.05, 0) is 19.4 Å². The third-order valence-electron chi connectivity index (χ3n) is 1.78. The van der Waals surface area contributed by atoms with E-state index in [2.05, 4.69) is 21.4 Å². The predicted octanol–water partition coefficient (Wildman–Crippen LogP) is 1.27. The lowest BCUT2D eigenvalue weighted by Crippen LogP contribution is -2.15. The van der Waals surface area contributed by atoms with Gasteiger partial charge in [-0.15, -0.1) is 12.3 Å². The van der Waals surface area contributed by atoms with Crippen LogP contribution in [-0.2, 0) is 6.54 Å². The lowest BCUT2D eigenvalue weighted by Gasteiger charge is -1.99. The van der Waals surface area contributed by atoms with Crippen LogP contribution in [0, 0.1) is 19.3 Å². The van der Waals surface area contributed by atoms with Gasteiger partial charge in [0.15, 0.2) is 5.82 Å². The fraction of sp³-hybridized carbons (Fsp3) is 0.600. The van der Waals surface area contributed by atoms with Crippen LogP contribution < -0.4 is 5.32 Å². The topological polar surface area (TPSA) is 51.0 Å². The highest BCUT2D eigenvalue weighted by Gasteiger charge is 1.99. The van der Waals surface area contributed by atoms with Crippen molar-refractivity contribution in [1.29, 1.82) is 0 Å². The first kappa shape index (κ1) is 10.7. The molecule has 0 fully saturated rings. The summed E-state index contributed by atoms with van der Waals surface area (Å²) in [7, 11) is 0. The Hall–Kier alpha value is -1.34. The van der Waals surface area contributed by atoms with Gasteiger partial charge in [0, 0.05) is 13.3 Å². The minimum absolute atomic E-state index is 0.606. The molecular weight excluding hydrogens is 178 g/mol. The lowest BCUT2D eigenvalue weighted by molar-refractivity contribution is 0.385. The van der Waals surface area contributed by atoms with Gasteiger partial charge in [-0.25, -0.2) is 0 Å². The molecule has 0 spiro atoms. The molecule has 1 N–H and O–H groups in total. The van der Waals surface area contributed by atoms with Gasteiger partial charge < -0.3 is 9.84 Å². The molecule has 0 amide bonds. The van der Waals surface area contributed by atoms with E-state index in [0.29, 0.717) is 18.3 Å². The molecule has 14 heavy (non-hydrogen) atoms. The van der Waals surface area contributed by atoms with Gasteiger partial charge in [0.05, 0.1) is 6.54 Å². The SMILES string of the molecule is C#CCCCCNCc1noc(C)n1. The van der Waals surface area contributed by atoms with Gasteiger partial charge >= 0.3 is 0 Å². The van der Waals surface area contributed by atoms with E-state index in [1.165, 1.54) is 0 Å². The summed E-state index contributed by atoms with van der Waals surface area (Å²) >= 11 is 0. The second-order valence-corrected chi connectivity index (χ2v) is 3.07. The Bertz CT molecular complexity index is 301. The largest absolute Gasteiger partial charge is 0.340 e. The molecule has 0 radical (unpaired) electrons. The van der Waals surface area contributed by atoms with Crippen molar-refractivity contribution in [2.24, 2.45) is 0 Å². The molecule has 4 heteroatoms. The highest BCUT2D eigenvalue weighted by molar-refractivity contribution is 4.84. The maximum absolute atomic E-state index is 5.13. The number of terminal acetylenes is 1. The van der Waals surface area contributed by atoms with E-state index in [1.807, 2.05) is 0 Å². The van der Waals surface area contributed by atoms with Crippen molar-refractivity contribution < 1.29 is 4.52 Å². The summed E-state index contributed by atoms with van der Waals surface area (Å²) in [4.78, 5) is 4.07. The maximum atomic E-state index is 5.13. The summed E-state index contributed by atoms with van der Waals surface area (Å²) in [5.74, 6) is 3.93. The molecule has 0 aromatic carbocycles. The van der Waals surface area contributed by atoms with E-state index in [0.717, 1.165) is 25.8 Å². The number of nitrogens with zero attached hydrogens (tertiary/aromatic N) is 2. The van der Waals surface area contributed by atoms with Gasteiger partial charge in [-0.3, -0.25) is 0 Å². The van der Waals surface area contributed by atoms with Crippen LogP contribution in [0.15, 0.2) is 4.52 Å². The highest BCUT2D eigenvalue weighted by Crippen LogP contribution is 1.95. The second-order valence-electron chi connectivity index (χ2n) is 3.07. The minimum atomic E-state index is 0.606. The van der Waals surface area contributed by atoms with Gasteiger partial charge in [0.1, 0.15) is 0 Å². The molecule has 0 atom stereocenters. The number of nitrogens with one attached hydrogen (secondary N) is 1. The second kappa shape index (κ2) is 6.17. The molecule has 76 valence electrons. The summed E-state index contributed by atoms with van der Waals surface area (Å²) in [5.41, 5.74) is 0. The zero-order chi connectivity index (χ0) is 10.2. The van der Waals surface area contributed by atoms with E-state index < -0.39 is 0 Å². The molecule has 1 aromatic heterocycles. The third kappa shape index (κ3) is 4.06. The van der Waals surface area contributed by atoms with Crippen LogP contribution >= 0.6 is 0 Å². The van der Waals surface area contributed by atoms with Crippen LogP contribution in [0.5, 0.6) is 0 Å². The molecule has 1 rings (SSSR count). The Kier molecular flexibility index (Phi) is 4.73. The summed E-state index contributed by atoms with van der Waals surface area (Å²) in [6.45, 7) is 3.38. The molecule has 0 bridgehead atoms. The molecule has 4 nitrogen and oxygen atoms in total. The summed E-state index contributed by atoms with van der Waals surface area (Å²) < 4.78 is 4.83. The molecule has 1 heterocycles. The first-order valence-electron chi connectivity index (χ1n) is 4.76. The number of unbranched alkanes of at least 4 members (excludes halogenated alkanes) is 2. The van der Waals surface area contributed by atoms with Crippen LogP contribution in [-0.4, -0.2) is 16.7 Å². The normalized spacial score (nSPS) is 10.0. The Balaban J connectivity index is 2.02. The van der Waals surface area contributed by atoms with E-state index in [-0.39, 0.29) is 0 Å². The van der Waals surface area contributed by atoms with Crippen molar-refractivity contribution in [3.05, 3.63) is 11.7 Å². The Morgan fingerprint density at radius 3 is 3.00 bits per heavy atom. The summed E-state index contributed by atoms with van der Waals surface area (Å²) in [6, 6.07) is 0.